The van der Waals surface area contributed by atoms with Gasteiger partial charge in [0.25, 0.3) is 0 Å². The molecule has 1 saturated carbocycles. The molecule has 0 amide bonds. The van der Waals surface area contributed by atoms with Gasteiger partial charge in [0, 0.05) is 13.1 Å². The Morgan fingerprint density at radius 3 is 2.73 bits per heavy atom. The zero-order valence-corrected chi connectivity index (χ0v) is 9.91. The second kappa shape index (κ2) is 4.45. The highest BCUT2D eigenvalue weighted by atomic mass is 35.5. The molecule has 1 aliphatic carbocycles. The first-order valence-electron chi connectivity index (χ1n) is 5.32. The quantitative estimate of drug-likeness (QED) is 0.787. The van der Waals surface area contributed by atoms with Crippen LogP contribution < -0.4 is 0 Å². The Morgan fingerprint density at radius 2 is 2.20 bits per heavy atom. The van der Waals surface area contributed by atoms with Gasteiger partial charge in [-0.05, 0) is 37.4 Å². The van der Waals surface area contributed by atoms with Crippen molar-refractivity contribution in [3.63, 3.8) is 0 Å². The Balaban J connectivity index is 1.82. The van der Waals surface area contributed by atoms with Gasteiger partial charge in [-0.1, -0.05) is 18.5 Å². The molecule has 1 aromatic heterocycles. The molecule has 2 unspecified atom stereocenters. The van der Waals surface area contributed by atoms with Gasteiger partial charge in [-0.25, -0.2) is 0 Å². The fraction of sp³-hybridized carbons (Fsp3) is 0.636. The zero-order chi connectivity index (χ0) is 10.8. The summed E-state index contributed by atoms with van der Waals surface area (Å²) in [5.41, 5.74) is 0.982. The summed E-state index contributed by atoms with van der Waals surface area (Å²) in [6.07, 6.45) is 1.37. The van der Waals surface area contributed by atoms with E-state index in [1.807, 2.05) is 6.07 Å². The van der Waals surface area contributed by atoms with Crippen LogP contribution in [0, 0.1) is 11.8 Å². The summed E-state index contributed by atoms with van der Waals surface area (Å²) in [7, 11) is 2.13. The van der Waals surface area contributed by atoms with Crippen LogP contribution in [0.5, 0.6) is 0 Å². The molecule has 1 aliphatic rings. The van der Waals surface area contributed by atoms with Crippen molar-refractivity contribution in [2.45, 2.75) is 19.9 Å². The normalized spacial score (nSPS) is 24.5. The first-order chi connectivity index (χ1) is 7.15. The summed E-state index contributed by atoms with van der Waals surface area (Å²) in [4.78, 5) is 2.30. The molecular weight excluding hydrogens is 210 g/mol. The number of halogens is 1. The summed E-state index contributed by atoms with van der Waals surface area (Å²) in [5.74, 6) is 1.79. The lowest BCUT2D eigenvalue weighted by Crippen LogP contribution is -2.21. The first-order valence-corrected chi connectivity index (χ1v) is 5.69. The number of hydrogen-bond donors (Lipinski definition) is 0. The maximum atomic E-state index is 5.67. The molecule has 0 bridgehead atoms. The minimum atomic E-state index is 0.456. The van der Waals surface area contributed by atoms with E-state index in [0.29, 0.717) is 5.15 Å². The van der Waals surface area contributed by atoms with Gasteiger partial charge in [-0.3, -0.25) is 0 Å². The average molecular weight is 226 g/mol. The highest BCUT2D eigenvalue weighted by Crippen LogP contribution is 2.38. The van der Waals surface area contributed by atoms with Gasteiger partial charge >= 0.3 is 0 Å². The predicted octanol–water partition coefficient (Wildman–Crippen LogP) is 2.22. The third kappa shape index (κ3) is 3.14. The second-order valence-electron chi connectivity index (χ2n) is 4.52. The van der Waals surface area contributed by atoms with Crippen molar-refractivity contribution in [1.82, 2.24) is 15.1 Å². The monoisotopic (exact) mass is 225 g/mol. The average Bonchev–Trinajstić information content (AvgIpc) is 2.86. The molecule has 4 heteroatoms. The lowest BCUT2D eigenvalue weighted by atomic mass is 10.3. The van der Waals surface area contributed by atoms with Crippen LogP contribution in [0.4, 0.5) is 0 Å². The van der Waals surface area contributed by atoms with E-state index < -0.39 is 0 Å². The second-order valence-corrected chi connectivity index (χ2v) is 4.90. The number of rotatable bonds is 4. The van der Waals surface area contributed by atoms with Crippen molar-refractivity contribution in [2.24, 2.45) is 11.8 Å². The Bertz CT molecular complexity index is 325. The minimum Gasteiger partial charge on any atom is -0.300 e. The van der Waals surface area contributed by atoms with Crippen molar-refractivity contribution in [3.8, 4) is 0 Å². The fourth-order valence-electron chi connectivity index (χ4n) is 1.82. The number of hydrogen-bond acceptors (Lipinski definition) is 3. The molecule has 1 aromatic rings. The van der Waals surface area contributed by atoms with Crippen LogP contribution in [0.3, 0.4) is 0 Å². The SMILES string of the molecule is CC1CC1CN(C)Cc1ccc(Cl)nn1. The van der Waals surface area contributed by atoms with Gasteiger partial charge in [0.05, 0.1) is 5.69 Å². The Kier molecular flexibility index (Phi) is 3.22. The summed E-state index contributed by atoms with van der Waals surface area (Å²) in [6, 6.07) is 3.72. The molecular formula is C11H16ClN3. The fourth-order valence-corrected chi connectivity index (χ4v) is 1.92. The molecule has 0 spiro atoms. The highest BCUT2D eigenvalue weighted by molar-refractivity contribution is 6.29. The van der Waals surface area contributed by atoms with Crippen LogP contribution in [0.25, 0.3) is 0 Å². The van der Waals surface area contributed by atoms with Crippen LogP contribution in [0.2, 0.25) is 5.15 Å². The van der Waals surface area contributed by atoms with Crippen LogP contribution in [0.15, 0.2) is 12.1 Å². The summed E-state index contributed by atoms with van der Waals surface area (Å²) < 4.78 is 0. The molecule has 0 aromatic carbocycles. The molecule has 0 radical (unpaired) electrons. The molecule has 0 aliphatic heterocycles. The van der Waals surface area contributed by atoms with Gasteiger partial charge in [0.2, 0.25) is 0 Å². The predicted molar refractivity (Wildman–Crippen MR) is 60.6 cm³/mol. The van der Waals surface area contributed by atoms with Crippen LogP contribution >= 0.6 is 11.6 Å². The molecule has 2 atom stereocenters. The van der Waals surface area contributed by atoms with Crippen molar-refractivity contribution in [2.75, 3.05) is 13.6 Å². The molecule has 0 N–H and O–H groups in total. The molecule has 82 valence electrons. The molecule has 1 fully saturated rings. The number of nitrogens with zero attached hydrogens (tertiary/aromatic N) is 3. The number of aromatic nitrogens is 2. The van der Waals surface area contributed by atoms with E-state index in [4.69, 9.17) is 11.6 Å². The zero-order valence-electron chi connectivity index (χ0n) is 9.15. The Morgan fingerprint density at radius 1 is 1.47 bits per heavy atom. The van der Waals surface area contributed by atoms with Gasteiger partial charge in [-0.2, -0.15) is 5.10 Å². The lowest BCUT2D eigenvalue weighted by molar-refractivity contribution is 0.303. The van der Waals surface area contributed by atoms with E-state index in [9.17, 15) is 0 Å². The van der Waals surface area contributed by atoms with E-state index in [1.165, 1.54) is 6.42 Å². The lowest BCUT2D eigenvalue weighted by Gasteiger charge is -2.15. The third-order valence-corrected chi connectivity index (χ3v) is 3.14. The Hall–Kier alpha value is -0.670. The first kappa shape index (κ1) is 10.8. The van der Waals surface area contributed by atoms with E-state index in [-0.39, 0.29) is 0 Å². The summed E-state index contributed by atoms with van der Waals surface area (Å²) in [6.45, 7) is 4.32. The van der Waals surface area contributed by atoms with Crippen LogP contribution in [-0.2, 0) is 6.54 Å². The van der Waals surface area contributed by atoms with E-state index in [2.05, 4.69) is 29.1 Å². The van der Waals surface area contributed by atoms with Gasteiger partial charge in [0.15, 0.2) is 5.15 Å². The smallest absolute Gasteiger partial charge is 0.151 e. The maximum absolute atomic E-state index is 5.67. The highest BCUT2D eigenvalue weighted by Gasteiger charge is 2.32. The topological polar surface area (TPSA) is 29.0 Å². The Labute approximate surface area is 95.5 Å². The van der Waals surface area contributed by atoms with Crippen molar-refractivity contribution < 1.29 is 0 Å². The molecule has 3 nitrogen and oxygen atoms in total. The van der Waals surface area contributed by atoms with Crippen molar-refractivity contribution >= 4 is 11.6 Å². The maximum Gasteiger partial charge on any atom is 0.151 e. The molecule has 15 heavy (non-hydrogen) atoms. The van der Waals surface area contributed by atoms with Crippen molar-refractivity contribution in [1.29, 1.82) is 0 Å². The summed E-state index contributed by atoms with van der Waals surface area (Å²) >= 11 is 5.67. The van der Waals surface area contributed by atoms with Crippen molar-refractivity contribution in [3.05, 3.63) is 23.0 Å². The van der Waals surface area contributed by atoms with Crippen LogP contribution in [0.1, 0.15) is 19.0 Å². The largest absolute Gasteiger partial charge is 0.300 e. The molecule has 1 heterocycles. The van der Waals surface area contributed by atoms with Gasteiger partial charge in [0.1, 0.15) is 0 Å². The van der Waals surface area contributed by atoms with Gasteiger partial charge < -0.3 is 4.90 Å². The standard InChI is InChI=1S/C11H16ClN3/c1-8-5-9(8)6-15(2)7-10-3-4-11(12)14-13-10/h3-4,8-9H,5-7H2,1-2H3. The van der Waals surface area contributed by atoms with E-state index >= 15 is 0 Å². The van der Waals surface area contributed by atoms with Gasteiger partial charge in [-0.15, -0.1) is 5.10 Å². The van der Waals surface area contributed by atoms with E-state index in [0.717, 1.165) is 30.6 Å². The van der Waals surface area contributed by atoms with Crippen LogP contribution in [-0.4, -0.2) is 28.7 Å². The minimum absolute atomic E-state index is 0.456. The van der Waals surface area contributed by atoms with E-state index in [1.54, 1.807) is 6.07 Å². The third-order valence-electron chi connectivity index (χ3n) is 2.94. The molecule has 0 saturated heterocycles. The summed E-state index contributed by atoms with van der Waals surface area (Å²) in [5, 5.41) is 8.33. The molecule has 2 rings (SSSR count).